The Labute approximate surface area is 92.6 Å². The van der Waals surface area contributed by atoms with Crippen molar-refractivity contribution in [3.8, 4) is 11.5 Å². The average Bonchev–Trinajstić information content (AvgIpc) is 2.53. The predicted molar refractivity (Wildman–Crippen MR) is 57.3 cm³/mol. The molecule has 5 heteroatoms. The van der Waals surface area contributed by atoms with Crippen molar-refractivity contribution in [3.63, 3.8) is 0 Å². The number of ketones is 1. The normalized spacial score (nSPS) is 14.1. The highest BCUT2D eigenvalue weighted by atomic mass is 16.5. The summed E-state index contributed by atoms with van der Waals surface area (Å²) >= 11 is 0. The molecule has 1 aromatic rings. The maximum Gasteiger partial charge on any atom is 0.299 e. The lowest BCUT2D eigenvalue weighted by atomic mass is 10.1. The van der Waals surface area contributed by atoms with E-state index in [1.165, 1.54) is 19.1 Å². The maximum atomic E-state index is 11.7. The highest BCUT2D eigenvalue weighted by Crippen LogP contribution is 2.41. The van der Waals surface area contributed by atoms with Crippen molar-refractivity contribution in [3.05, 3.63) is 17.7 Å². The molecule has 0 saturated carbocycles. The summed E-state index contributed by atoms with van der Waals surface area (Å²) < 4.78 is 10.2. The number of likely N-dealkylation sites (N-methyl/N-ethyl adjacent to an activating group) is 1. The molecule has 16 heavy (non-hydrogen) atoms. The Morgan fingerprint density at radius 1 is 1.12 bits per heavy atom. The molecule has 0 bridgehead atoms. The van der Waals surface area contributed by atoms with Gasteiger partial charge >= 0.3 is 0 Å². The highest BCUT2D eigenvalue weighted by Gasteiger charge is 2.37. The van der Waals surface area contributed by atoms with Crippen LogP contribution in [-0.2, 0) is 4.79 Å². The van der Waals surface area contributed by atoms with Gasteiger partial charge in [-0.1, -0.05) is 0 Å². The second-order valence-corrected chi connectivity index (χ2v) is 3.39. The van der Waals surface area contributed by atoms with Crippen molar-refractivity contribution >= 4 is 17.4 Å². The van der Waals surface area contributed by atoms with E-state index in [4.69, 9.17) is 9.47 Å². The lowest BCUT2D eigenvalue weighted by Gasteiger charge is -2.12. The molecule has 1 aliphatic heterocycles. The molecule has 0 aliphatic carbocycles. The smallest absolute Gasteiger partial charge is 0.299 e. The number of benzene rings is 1. The second kappa shape index (κ2) is 3.52. The zero-order valence-electron chi connectivity index (χ0n) is 9.23. The number of carbonyl (C=O) groups excluding carboxylic acids is 2. The lowest BCUT2D eigenvalue weighted by molar-refractivity contribution is -0.114. The third-order valence-corrected chi connectivity index (χ3v) is 2.61. The van der Waals surface area contributed by atoms with E-state index >= 15 is 0 Å². The van der Waals surface area contributed by atoms with Gasteiger partial charge in [0.15, 0.2) is 11.5 Å². The summed E-state index contributed by atoms with van der Waals surface area (Å²) in [5, 5.41) is 0. The molecular weight excluding hydrogens is 210 g/mol. The number of amides is 1. The van der Waals surface area contributed by atoms with Gasteiger partial charge in [0, 0.05) is 7.05 Å². The van der Waals surface area contributed by atoms with Gasteiger partial charge in [-0.3, -0.25) is 9.59 Å². The van der Waals surface area contributed by atoms with Crippen LogP contribution in [0, 0.1) is 0 Å². The van der Waals surface area contributed by atoms with Gasteiger partial charge in [0.25, 0.3) is 11.7 Å². The second-order valence-electron chi connectivity index (χ2n) is 3.39. The van der Waals surface area contributed by atoms with E-state index in [0.717, 1.165) is 0 Å². The predicted octanol–water partition coefficient (Wildman–Crippen LogP) is 0.863. The standard InChI is InChI=1S/C11H11NO4/c1-12-6-4-5-7(15-2)10(16-3)8(6)9(13)11(12)14/h4-5H,1-3H3. The Bertz CT molecular complexity index is 481. The monoisotopic (exact) mass is 221 g/mol. The lowest BCUT2D eigenvalue weighted by Crippen LogP contribution is -2.24. The van der Waals surface area contributed by atoms with Crippen LogP contribution in [0.3, 0.4) is 0 Å². The summed E-state index contributed by atoms with van der Waals surface area (Å²) in [6, 6.07) is 3.33. The van der Waals surface area contributed by atoms with Gasteiger partial charge in [-0.15, -0.1) is 0 Å². The maximum absolute atomic E-state index is 11.7. The Morgan fingerprint density at radius 2 is 1.81 bits per heavy atom. The third-order valence-electron chi connectivity index (χ3n) is 2.61. The Hall–Kier alpha value is -2.04. The molecule has 1 amide bonds. The van der Waals surface area contributed by atoms with Crippen LogP contribution in [0.5, 0.6) is 11.5 Å². The molecule has 2 rings (SSSR count). The van der Waals surface area contributed by atoms with Crippen LogP contribution in [0.2, 0.25) is 0 Å². The number of anilines is 1. The first-order valence-electron chi connectivity index (χ1n) is 4.69. The van der Waals surface area contributed by atoms with Crippen LogP contribution in [0.1, 0.15) is 10.4 Å². The number of carbonyl (C=O) groups is 2. The van der Waals surface area contributed by atoms with Crippen molar-refractivity contribution in [2.24, 2.45) is 0 Å². The number of nitrogens with zero attached hydrogens (tertiary/aromatic N) is 1. The van der Waals surface area contributed by atoms with E-state index < -0.39 is 11.7 Å². The van der Waals surface area contributed by atoms with Crippen molar-refractivity contribution in [2.45, 2.75) is 0 Å². The first-order chi connectivity index (χ1) is 7.61. The first kappa shape index (κ1) is 10.5. The fourth-order valence-corrected chi connectivity index (χ4v) is 1.78. The van der Waals surface area contributed by atoms with Gasteiger partial charge in [0.05, 0.1) is 25.5 Å². The Morgan fingerprint density at radius 3 is 2.38 bits per heavy atom. The molecule has 1 heterocycles. The number of rotatable bonds is 2. The molecule has 1 aliphatic rings. The third kappa shape index (κ3) is 1.18. The number of fused-ring (bicyclic) bond motifs is 1. The summed E-state index contributed by atoms with van der Waals surface area (Å²) in [6.07, 6.45) is 0. The van der Waals surface area contributed by atoms with E-state index in [2.05, 4.69) is 0 Å². The molecule has 84 valence electrons. The van der Waals surface area contributed by atoms with Crippen LogP contribution in [0.4, 0.5) is 5.69 Å². The van der Waals surface area contributed by atoms with Crippen LogP contribution in [-0.4, -0.2) is 33.0 Å². The molecule has 1 aromatic carbocycles. The fraction of sp³-hybridized carbons (Fsp3) is 0.273. The summed E-state index contributed by atoms with van der Waals surface area (Å²) in [4.78, 5) is 24.5. The molecule has 0 radical (unpaired) electrons. The van der Waals surface area contributed by atoms with Crippen molar-refractivity contribution < 1.29 is 19.1 Å². The summed E-state index contributed by atoms with van der Waals surface area (Å²) in [7, 11) is 4.47. The minimum Gasteiger partial charge on any atom is -0.493 e. The Kier molecular flexibility index (Phi) is 2.30. The highest BCUT2D eigenvalue weighted by molar-refractivity contribution is 6.52. The summed E-state index contributed by atoms with van der Waals surface area (Å²) in [6.45, 7) is 0. The number of ether oxygens (including phenoxy) is 2. The van der Waals surface area contributed by atoms with Crippen LogP contribution >= 0.6 is 0 Å². The van der Waals surface area contributed by atoms with Crippen LogP contribution < -0.4 is 14.4 Å². The summed E-state index contributed by atoms with van der Waals surface area (Å²) in [5.41, 5.74) is 0.821. The number of hydrogen-bond acceptors (Lipinski definition) is 4. The van der Waals surface area contributed by atoms with Gasteiger partial charge in [-0.25, -0.2) is 0 Å². The number of methoxy groups -OCH3 is 2. The number of Topliss-reactive ketones (excluding diaryl/α,β-unsaturated/α-hetero) is 1. The SMILES string of the molecule is COc1ccc2c(c1OC)C(=O)C(=O)N2C. The van der Waals surface area contributed by atoms with Crippen LogP contribution in [0.15, 0.2) is 12.1 Å². The minimum absolute atomic E-state index is 0.273. The first-order valence-corrected chi connectivity index (χ1v) is 4.69. The van der Waals surface area contributed by atoms with Crippen LogP contribution in [0.25, 0.3) is 0 Å². The molecule has 0 unspecified atom stereocenters. The minimum atomic E-state index is -0.562. The van der Waals surface area contributed by atoms with Gasteiger partial charge in [-0.2, -0.15) is 0 Å². The quantitative estimate of drug-likeness (QED) is 0.695. The molecule has 0 spiro atoms. The molecule has 5 nitrogen and oxygen atoms in total. The Balaban J connectivity index is 2.71. The van der Waals surface area contributed by atoms with Crippen molar-refractivity contribution in [1.29, 1.82) is 0 Å². The van der Waals surface area contributed by atoms with E-state index in [1.54, 1.807) is 19.2 Å². The molecule has 0 saturated heterocycles. The van der Waals surface area contributed by atoms with Crippen molar-refractivity contribution in [2.75, 3.05) is 26.2 Å². The van der Waals surface area contributed by atoms with Gasteiger partial charge in [0.1, 0.15) is 0 Å². The van der Waals surface area contributed by atoms with E-state index in [0.29, 0.717) is 17.2 Å². The largest absolute Gasteiger partial charge is 0.493 e. The van der Waals surface area contributed by atoms with E-state index in [-0.39, 0.29) is 5.56 Å². The van der Waals surface area contributed by atoms with Crippen molar-refractivity contribution in [1.82, 2.24) is 0 Å². The molecule has 0 fully saturated rings. The summed E-state index contributed by atoms with van der Waals surface area (Å²) in [5.74, 6) is -0.366. The zero-order valence-corrected chi connectivity index (χ0v) is 9.23. The van der Waals surface area contributed by atoms with Gasteiger partial charge < -0.3 is 14.4 Å². The average molecular weight is 221 g/mol. The topological polar surface area (TPSA) is 55.8 Å². The molecule has 0 aromatic heterocycles. The van der Waals surface area contributed by atoms with Gasteiger partial charge in [-0.05, 0) is 12.1 Å². The van der Waals surface area contributed by atoms with Gasteiger partial charge in [0.2, 0.25) is 0 Å². The molecule has 0 N–H and O–H groups in total. The molecular formula is C11H11NO4. The van der Waals surface area contributed by atoms with E-state index in [9.17, 15) is 9.59 Å². The number of hydrogen-bond donors (Lipinski definition) is 0. The van der Waals surface area contributed by atoms with E-state index in [1.807, 2.05) is 0 Å². The molecule has 0 atom stereocenters. The zero-order chi connectivity index (χ0) is 11.9. The fourth-order valence-electron chi connectivity index (χ4n) is 1.78.